The number of rotatable bonds is 4. The SMILES string of the molecule is CN(C)C1CCN(c2ccc(/C=C/C(=O)O)c(Cl)c2)CC1. The van der Waals surface area contributed by atoms with Gasteiger partial charge in [-0.25, -0.2) is 4.79 Å². The average molecular weight is 309 g/mol. The Morgan fingerprint density at radius 3 is 2.57 bits per heavy atom. The van der Waals surface area contributed by atoms with Crippen molar-refractivity contribution in [3.8, 4) is 0 Å². The number of carbonyl (C=O) groups is 1. The van der Waals surface area contributed by atoms with Crippen LogP contribution in [0.2, 0.25) is 5.02 Å². The number of piperidine rings is 1. The van der Waals surface area contributed by atoms with Crippen molar-refractivity contribution in [3.63, 3.8) is 0 Å². The van der Waals surface area contributed by atoms with Crippen LogP contribution >= 0.6 is 11.6 Å². The molecular formula is C16H21ClN2O2. The fourth-order valence-electron chi connectivity index (χ4n) is 2.65. The number of halogens is 1. The summed E-state index contributed by atoms with van der Waals surface area (Å²) in [4.78, 5) is 15.2. The molecule has 1 aliphatic rings. The summed E-state index contributed by atoms with van der Waals surface area (Å²) in [7, 11) is 4.25. The van der Waals surface area contributed by atoms with Gasteiger partial charge in [-0.15, -0.1) is 0 Å². The highest BCUT2D eigenvalue weighted by Crippen LogP contribution is 2.27. The Hall–Kier alpha value is -1.52. The van der Waals surface area contributed by atoms with Gasteiger partial charge in [0.25, 0.3) is 0 Å². The summed E-state index contributed by atoms with van der Waals surface area (Å²) in [6.07, 6.45) is 4.91. The molecular weight excluding hydrogens is 288 g/mol. The molecule has 0 spiro atoms. The zero-order chi connectivity index (χ0) is 15.4. The predicted octanol–water partition coefficient (Wildman–Crippen LogP) is 2.97. The number of anilines is 1. The lowest BCUT2D eigenvalue weighted by atomic mass is 10.0. The zero-order valence-corrected chi connectivity index (χ0v) is 13.2. The van der Waals surface area contributed by atoms with Crippen LogP contribution in [0.15, 0.2) is 24.3 Å². The van der Waals surface area contributed by atoms with Gasteiger partial charge in [-0.1, -0.05) is 17.7 Å². The third kappa shape index (κ3) is 4.22. The van der Waals surface area contributed by atoms with Crippen LogP contribution in [-0.4, -0.2) is 49.2 Å². The van der Waals surface area contributed by atoms with Crippen LogP contribution in [0.1, 0.15) is 18.4 Å². The molecule has 0 radical (unpaired) electrons. The summed E-state index contributed by atoms with van der Waals surface area (Å²) in [5.74, 6) is -0.971. The van der Waals surface area contributed by atoms with Gasteiger partial charge in [-0.2, -0.15) is 0 Å². The Bertz CT molecular complexity index is 535. The number of benzene rings is 1. The lowest BCUT2D eigenvalue weighted by molar-refractivity contribution is -0.131. The fourth-order valence-corrected chi connectivity index (χ4v) is 2.89. The molecule has 1 aromatic carbocycles. The van der Waals surface area contributed by atoms with Gasteiger partial charge in [0.2, 0.25) is 0 Å². The summed E-state index contributed by atoms with van der Waals surface area (Å²) in [5, 5.41) is 9.23. The van der Waals surface area contributed by atoms with Crippen molar-refractivity contribution in [1.29, 1.82) is 0 Å². The van der Waals surface area contributed by atoms with Gasteiger partial charge in [-0.3, -0.25) is 0 Å². The summed E-state index contributed by atoms with van der Waals surface area (Å²) in [6, 6.07) is 6.44. The standard InChI is InChI=1S/C16H21ClN2O2/c1-18(2)13-7-9-19(10-8-13)14-5-3-12(15(17)11-14)4-6-16(20)21/h3-6,11,13H,7-10H2,1-2H3,(H,20,21)/b6-4+. The predicted molar refractivity (Wildman–Crippen MR) is 87.0 cm³/mol. The van der Waals surface area contributed by atoms with Crippen molar-refractivity contribution in [2.75, 3.05) is 32.1 Å². The molecule has 0 amide bonds. The second kappa shape index (κ2) is 6.96. The molecule has 1 fully saturated rings. The Balaban J connectivity index is 2.05. The van der Waals surface area contributed by atoms with Crippen molar-refractivity contribution in [2.24, 2.45) is 0 Å². The van der Waals surface area contributed by atoms with Crippen molar-refractivity contribution < 1.29 is 9.90 Å². The Morgan fingerprint density at radius 2 is 2.05 bits per heavy atom. The minimum Gasteiger partial charge on any atom is -0.478 e. The van der Waals surface area contributed by atoms with Crippen LogP contribution < -0.4 is 4.90 Å². The van der Waals surface area contributed by atoms with Crippen LogP contribution in [-0.2, 0) is 4.79 Å². The lowest BCUT2D eigenvalue weighted by Gasteiger charge is -2.36. The highest BCUT2D eigenvalue weighted by atomic mass is 35.5. The Morgan fingerprint density at radius 1 is 1.38 bits per heavy atom. The number of hydrogen-bond acceptors (Lipinski definition) is 3. The van der Waals surface area contributed by atoms with E-state index in [0.717, 1.165) is 43.3 Å². The van der Waals surface area contributed by atoms with Crippen LogP contribution in [0, 0.1) is 0 Å². The average Bonchev–Trinajstić information content (AvgIpc) is 2.46. The maximum Gasteiger partial charge on any atom is 0.328 e. The molecule has 0 bridgehead atoms. The molecule has 1 aromatic rings. The number of hydrogen-bond donors (Lipinski definition) is 1. The Labute approximate surface area is 130 Å². The highest BCUT2D eigenvalue weighted by molar-refractivity contribution is 6.32. The van der Waals surface area contributed by atoms with E-state index >= 15 is 0 Å². The minimum absolute atomic E-state index is 0.583. The van der Waals surface area contributed by atoms with E-state index in [1.807, 2.05) is 18.2 Å². The first-order valence-corrected chi connectivity index (χ1v) is 7.47. The van der Waals surface area contributed by atoms with Gasteiger partial charge in [0.05, 0.1) is 0 Å². The first-order valence-electron chi connectivity index (χ1n) is 7.09. The van der Waals surface area contributed by atoms with Gasteiger partial charge in [-0.05, 0) is 50.7 Å². The lowest BCUT2D eigenvalue weighted by Crippen LogP contribution is -2.41. The van der Waals surface area contributed by atoms with E-state index in [0.29, 0.717) is 11.1 Å². The van der Waals surface area contributed by atoms with E-state index in [1.165, 1.54) is 6.08 Å². The summed E-state index contributed by atoms with van der Waals surface area (Å²) in [6.45, 7) is 2.03. The van der Waals surface area contributed by atoms with Gasteiger partial charge in [0, 0.05) is 35.9 Å². The number of nitrogens with zero attached hydrogens (tertiary/aromatic N) is 2. The Kier molecular flexibility index (Phi) is 5.26. The third-order valence-electron chi connectivity index (χ3n) is 3.95. The molecule has 0 aliphatic carbocycles. The summed E-state index contributed by atoms with van der Waals surface area (Å²) < 4.78 is 0. The maximum absolute atomic E-state index is 10.5. The molecule has 0 saturated carbocycles. The van der Waals surface area contributed by atoms with Crippen molar-refractivity contribution in [1.82, 2.24) is 4.90 Å². The van der Waals surface area contributed by atoms with Crippen molar-refractivity contribution in [3.05, 3.63) is 34.9 Å². The van der Waals surface area contributed by atoms with E-state index in [1.54, 1.807) is 0 Å². The van der Waals surface area contributed by atoms with Gasteiger partial charge < -0.3 is 14.9 Å². The second-order valence-corrected chi connectivity index (χ2v) is 5.97. The number of aliphatic carboxylic acids is 1. The quantitative estimate of drug-likeness (QED) is 0.869. The second-order valence-electron chi connectivity index (χ2n) is 5.56. The van der Waals surface area contributed by atoms with Crippen molar-refractivity contribution in [2.45, 2.75) is 18.9 Å². The first kappa shape index (κ1) is 15.9. The molecule has 114 valence electrons. The molecule has 0 atom stereocenters. The third-order valence-corrected chi connectivity index (χ3v) is 4.28. The minimum atomic E-state index is -0.971. The van der Waals surface area contributed by atoms with Crippen LogP contribution in [0.5, 0.6) is 0 Å². The van der Waals surface area contributed by atoms with Crippen LogP contribution in [0.3, 0.4) is 0 Å². The van der Waals surface area contributed by atoms with E-state index in [4.69, 9.17) is 16.7 Å². The fraction of sp³-hybridized carbons (Fsp3) is 0.438. The molecule has 1 saturated heterocycles. The molecule has 1 N–H and O–H groups in total. The molecule has 4 nitrogen and oxygen atoms in total. The van der Waals surface area contributed by atoms with E-state index in [9.17, 15) is 4.79 Å². The van der Waals surface area contributed by atoms with E-state index < -0.39 is 5.97 Å². The van der Waals surface area contributed by atoms with Gasteiger partial charge in [0.15, 0.2) is 0 Å². The highest BCUT2D eigenvalue weighted by Gasteiger charge is 2.20. The summed E-state index contributed by atoms with van der Waals surface area (Å²) in [5.41, 5.74) is 1.83. The monoisotopic (exact) mass is 308 g/mol. The zero-order valence-electron chi connectivity index (χ0n) is 12.4. The number of carboxylic acids is 1. The molecule has 2 rings (SSSR count). The molecule has 1 heterocycles. The maximum atomic E-state index is 10.5. The molecule has 21 heavy (non-hydrogen) atoms. The van der Waals surface area contributed by atoms with E-state index in [2.05, 4.69) is 23.9 Å². The summed E-state index contributed by atoms with van der Waals surface area (Å²) >= 11 is 6.23. The van der Waals surface area contributed by atoms with Gasteiger partial charge >= 0.3 is 5.97 Å². The first-order chi connectivity index (χ1) is 9.97. The molecule has 0 aromatic heterocycles. The van der Waals surface area contributed by atoms with E-state index in [-0.39, 0.29) is 0 Å². The largest absolute Gasteiger partial charge is 0.478 e. The smallest absolute Gasteiger partial charge is 0.328 e. The van der Waals surface area contributed by atoms with Crippen LogP contribution in [0.4, 0.5) is 5.69 Å². The topological polar surface area (TPSA) is 43.8 Å². The normalized spacial score (nSPS) is 16.9. The van der Waals surface area contributed by atoms with Crippen LogP contribution in [0.25, 0.3) is 6.08 Å². The molecule has 0 unspecified atom stereocenters. The molecule has 5 heteroatoms. The number of carboxylic acid groups (broad SMARTS) is 1. The molecule has 1 aliphatic heterocycles. The van der Waals surface area contributed by atoms with Gasteiger partial charge in [0.1, 0.15) is 0 Å². The van der Waals surface area contributed by atoms with Crippen molar-refractivity contribution >= 4 is 29.3 Å².